The molecule has 1 aromatic heterocycles. The molecule has 34 heavy (non-hydrogen) atoms. The molecule has 9 heteroatoms. The summed E-state index contributed by atoms with van der Waals surface area (Å²) in [7, 11) is 1.26. The highest BCUT2D eigenvalue weighted by atomic mass is 16.5. The Kier molecular flexibility index (Phi) is 6.19. The van der Waals surface area contributed by atoms with Crippen molar-refractivity contribution in [1.29, 1.82) is 0 Å². The van der Waals surface area contributed by atoms with E-state index in [0.29, 0.717) is 17.9 Å². The fraction of sp³-hybridized carbons (Fsp3) is 0.320. The number of Topliss-reactive ketones (excluding diaryl/α,β-unsaturated/α-hetero) is 1. The Balaban J connectivity index is 1.86. The third-order valence-corrected chi connectivity index (χ3v) is 5.67. The Morgan fingerprint density at radius 2 is 1.74 bits per heavy atom. The Labute approximate surface area is 197 Å². The molecule has 3 aromatic rings. The number of nitrogens with one attached hydrogen (secondary N) is 1. The Bertz CT molecular complexity index is 1240. The van der Waals surface area contributed by atoms with Gasteiger partial charge in [0, 0.05) is 5.56 Å². The smallest absolute Gasteiger partial charge is 0.355 e. The topological polar surface area (TPSA) is 108 Å². The van der Waals surface area contributed by atoms with Crippen LogP contribution in [0.4, 0.5) is 5.95 Å². The summed E-state index contributed by atoms with van der Waals surface area (Å²) in [6.07, 6.45) is 0. The molecule has 2 aromatic carbocycles. The monoisotopic (exact) mass is 461 g/mol. The Morgan fingerprint density at radius 3 is 2.32 bits per heavy atom. The van der Waals surface area contributed by atoms with Crippen molar-refractivity contribution in [2.45, 2.75) is 39.2 Å². The second-order valence-electron chi connectivity index (χ2n) is 8.91. The molecule has 1 N–H and O–H groups in total. The molecule has 0 saturated carbocycles. The average Bonchev–Trinajstić information content (AvgIpc) is 3.30. The van der Waals surface area contributed by atoms with Crippen LogP contribution in [0.1, 0.15) is 55.2 Å². The van der Waals surface area contributed by atoms with Crippen molar-refractivity contribution in [3.8, 4) is 5.75 Å². The molecule has 9 nitrogen and oxygen atoms in total. The van der Waals surface area contributed by atoms with Crippen molar-refractivity contribution >= 4 is 17.7 Å². The Hall–Kier alpha value is -4.01. The number of fused-ring (bicyclic) bond motifs is 1. The van der Waals surface area contributed by atoms with Crippen LogP contribution in [0.2, 0.25) is 0 Å². The summed E-state index contributed by atoms with van der Waals surface area (Å²) >= 11 is 0. The van der Waals surface area contributed by atoms with E-state index >= 15 is 0 Å². The number of carbonyl (C=O) groups is 2. The second-order valence-corrected chi connectivity index (χ2v) is 8.91. The number of aromatic nitrogens is 4. The molecule has 1 aliphatic rings. The first-order valence-corrected chi connectivity index (χ1v) is 11.0. The van der Waals surface area contributed by atoms with Crippen molar-refractivity contribution in [3.63, 3.8) is 0 Å². The van der Waals surface area contributed by atoms with Crippen LogP contribution in [0, 0.1) is 0 Å². The van der Waals surface area contributed by atoms with Crippen molar-refractivity contribution < 1.29 is 19.1 Å². The summed E-state index contributed by atoms with van der Waals surface area (Å²) in [6, 6.07) is 13.9. The molecule has 0 spiro atoms. The molecular formula is C25H27N5O4. The summed E-state index contributed by atoms with van der Waals surface area (Å²) < 4.78 is 12.0. The third-order valence-electron chi connectivity index (χ3n) is 5.67. The van der Waals surface area contributed by atoms with Gasteiger partial charge in [0.05, 0.1) is 19.3 Å². The average molecular weight is 462 g/mol. The van der Waals surface area contributed by atoms with Gasteiger partial charge in [-0.2, -0.15) is 4.68 Å². The maximum atomic E-state index is 13.8. The highest BCUT2D eigenvalue weighted by Crippen LogP contribution is 2.37. The molecule has 2 heterocycles. The van der Waals surface area contributed by atoms with Crippen LogP contribution in [-0.2, 0) is 14.9 Å². The lowest BCUT2D eigenvalue weighted by molar-refractivity contribution is -0.136. The molecule has 0 radical (unpaired) electrons. The largest absolute Gasteiger partial charge is 0.494 e. The predicted octanol–water partition coefficient (Wildman–Crippen LogP) is 3.69. The molecule has 0 bridgehead atoms. The number of benzene rings is 2. The van der Waals surface area contributed by atoms with Gasteiger partial charge in [0.1, 0.15) is 17.5 Å². The number of hydrogen-bond donors (Lipinski definition) is 1. The van der Waals surface area contributed by atoms with Gasteiger partial charge < -0.3 is 14.8 Å². The molecule has 0 aliphatic carbocycles. The van der Waals surface area contributed by atoms with Crippen molar-refractivity contribution in [2.24, 2.45) is 0 Å². The Morgan fingerprint density at radius 1 is 1.06 bits per heavy atom. The van der Waals surface area contributed by atoms with Gasteiger partial charge in [-0.1, -0.05) is 50.1 Å². The second kappa shape index (κ2) is 9.09. The van der Waals surface area contributed by atoms with E-state index in [9.17, 15) is 9.59 Å². The minimum atomic E-state index is -0.728. The first-order chi connectivity index (χ1) is 16.2. The van der Waals surface area contributed by atoms with E-state index in [-0.39, 0.29) is 28.4 Å². The molecule has 176 valence electrons. The van der Waals surface area contributed by atoms with Gasteiger partial charge in [0.2, 0.25) is 5.95 Å². The number of ether oxygens (including phenoxy) is 2. The van der Waals surface area contributed by atoms with Gasteiger partial charge >= 0.3 is 5.97 Å². The SMILES string of the molecule is CCOc1ccc(C(=O)C2=C(C(=O)OC)Nc3nnnn3[C@@H]2c2ccc(C(C)(C)C)cc2)cc1. The molecule has 1 aliphatic heterocycles. The van der Waals surface area contributed by atoms with E-state index in [2.05, 4.69) is 41.6 Å². The number of anilines is 1. The van der Waals surface area contributed by atoms with E-state index in [1.54, 1.807) is 24.3 Å². The lowest BCUT2D eigenvalue weighted by Gasteiger charge is -2.28. The van der Waals surface area contributed by atoms with Gasteiger partial charge in [-0.3, -0.25) is 4.79 Å². The van der Waals surface area contributed by atoms with Crippen LogP contribution in [-0.4, -0.2) is 45.7 Å². The normalized spacial score (nSPS) is 15.4. The van der Waals surface area contributed by atoms with Gasteiger partial charge in [-0.25, -0.2) is 4.79 Å². The van der Waals surface area contributed by atoms with Crippen molar-refractivity contribution in [1.82, 2.24) is 20.2 Å². The number of rotatable bonds is 6. The number of nitrogens with zero attached hydrogens (tertiary/aromatic N) is 4. The summed E-state index contributed by atoms with van der Waals surface area (Å²) in [5.74, 6) is -0.129. The van der Waals surface area contributed by atoms with Gasteiger partial charge in [0.15, 0.2) is 5.78 Å². The fourth-order valence-electron chi connectivity index (χ4n) is 3.89. The van der Waals surface area contributed by atoms with Crippen molar-refractivity contribution in [3.05, 3.63) is 76.5 Å². The van der Waals surface area contributed by atoms with Crippen LogP contribution >= 0.6 is 0 Å². The van der Waals surface area contributed by atoms with Crippen LogP contribution in [0.25, 0.3) is 0 Å². The third kappa shape index (κ3) is 4.28. The maximum Gasteiger partial charge on any atom is 0.355 e. The minimum Gasteiger partial charge on any atom is -0.494 e. The highest BCUT2D eigenvalue weighted by Gasteiger charge is 2.38. The first kappa shape index (κ1) is 23.2. The number of carbonyl (C=O) groups excluding carboxylic acids is 2. The molecule has 1 atom stereocenters. The minimum absolute atomic E-state index is 0.00795. The molecule has 0 fully saturated rings. The first-order valence-electron chi connectivity index (χ1n) is 11.0. The number of hydrogen-bond acceptors (Lipinski definition) is 8. The van der Waals surface area contributed by atoms with Crippen LogP contribution in [0.5, 0.6) is 5.75 Å². The number of ketones is 1. The fourth-order valence-corrected chi connectivity index (χ4v) is 3.89. The van der Waals surface area contributed by atoms with Crippen LogP contribution in [0.15, 0.2) is 59.8 Å². The van der Waals surface area contributed by atoms with Crippen molar-refractivity contribution in [2.75, 3.05) is 19.0 Å². The maximum absolute atomic E-state index is 13.8. The zero-order valence-corrected chi connectivity index (χ0v) is 19.8. The standard InChI is InChI=1S/C25H27N5O4/c1-6-34-18-13-9-16(10-14-18)22(31)19-20(23(32)33-5)26-24-27-28-29-30(24)21(19)15-7-11-17(12-8-15)25(2,3)4/h7-14,21H,6H2,1-5H3,(H,26,27,29)/t21-/m1/s1. The summed E-state index contributed by atoms with van der Waals surface area (Å²) in [5.41, 5.74) is 2.46. The van der Waals surface area contributed by atoms with E-state index in [4.69, 9.17) is 9.47 Å². The van der Waals surface area contributed by atoms with E-state index in [0.717, 1.165) is 11.1 Å². The van der Waals surface area contributed by atoms with Gasteiger partial charge in [-0.15, -0.1) is 0 Å². The number of allylic oxidation sites excluding steroid dienone is 1. The number of methoxy groups -OCH3 is 1. The number of esters is 1. The summed E-state index contributed by atoms with van der Waals surface area (Å²) in [4.78, 5) is 26.6. The molecule has 0 amide bonds. The van der Waals surface area contributed by atoms with Crippen LogP contribution in [0.3, 0.4) is 0 Å². The van der Waals surface area contributed by atoms with Gasteiger partial charge in [-0.05, 0) is 58.2 Å². The highest BCUT2D eigenvalue weighted by molar-refractivity contribution is 6.15. The summed E-state index contributed by atoms with van der Waals surface area (Å²) in [5, 5.41) is 14.7. The van der Waals surface area contributed by atoms with E-state index in [1.807, 2.05) is 31.2 Å². The van der Waals surface area contributed by atoms with E-state index < -0.39 is 12.0 Å². The zero-order chi connectivity index (χ0) is 24.5. The van der Waals surface area contributed by atoms with E-state index in [1.165, 1.54) is 11.8 Å². The van der Waals surface area contributed by atoms with Crippen LogP contribution < -0.4 is 10.1 Å². The zero-order valence-electron chi connectivity index (χ0n) is 19.8. The summed E-state index contributed by atoms with van der Waals surface area (Å²) in [6.45, 7) is 8.79. The predicted molar refractivity (Wildman–Crippen MR) is 126 cm³/mol. The molecule has 0 unspecified atom stereocenters. The lowest BCUT2D eigenvalue weighted by atomic mass is 9.84. The molecular weight excluding hydrogens is 434 g/mol. The lowest BCUT2D eigenvalue weighted by Crippen LogP contribution is -2.33. The van der Waals surface area contributed by atoms with Gasteiger partial charge in [0.25, 0.3) is 0 Å². The molecule has 4 rings (SSSR count). The quantitative estimate of drug-likeness (QED) is 0.437. The molecule has 0 saturated heterocycles. The number of tetrazole rings is 1.